The first-order valence-corrected chi connectivity index (χ1v) is 4.91. The Morgan fingerprint density at radius 1 is 1.36 bits per heavy atom. The van der Waals surface area contributed by atoms with Gasteiger partial charge in [-0.15, -0.1) is 0 Å². The zero-order chi connectivity index (χ0) is 9.80. The Hall–Kier alpha value is -0.900. The first kappa shape index (κ1) is 9.65. The number of hydrogen-bond donors (Lipinski definition) is 2. The second-order valence-electron chi connectivity index (χ2n) is 3.52. The molecular formula is C11H15NO2. The van der Waals surface area contributed by atoms with Crippen LogP contribution in [0.25, 0.3) is 0 Å². The average molecular weight is 193 g/mol. The van der Waals surface area contributed by atoms with Crippen LogP contribution in [0.1, 0.15) is 11.7 Å². The van der Waals surface area contributed by atoms with Crippen molar-refractivity contribution < 1.29 is 9.84 Å². The van der Waals surface area contributed by atoms with Crippen LogP contribution in [0, 0.1) is 0 Å². The molecule has 1 aromatic carbocycles. The van der Waals surface area contributed by atoms with Crippen LogP contribution in [-0.4, -0.2) is 30.9 Å². The van der Waals surface area contributed by atoms with Crippen LogP contribution in [-0.2, 0) is 4.74 Å². The molecule has 0 aliphatic carbocycles. The van der Waals surface area contributed by atoms with Crippen LogP contribution in [0.5, 0.6) is 0 Å². The molecule has 1 aliphatic rings. The maximum Gasteiger partial charge on any atom is 0.0950 e. The molecule has 0 saturated carbocycles. The van der Waals surface area contributed by atoms with Crippen LogP contribution >= 0.6 is 0 Å². The quantitative estimate of drug-likeness (QED) is 0.726. The van der Waals surface area contributed by atoms with Gasteiger partial charge in [0.05, 0.1) is 25.4 Å². The zero-order valence-corrected chi connectivity index (χ0v) is 8.02. The van der Waals surface area contributed by atoms with Gasteiger partial charge in [0.15, 0.2) is 0 Å². The predicted molar refractivity (Wildman–Crippen MR) is 54.0 cm³/mol. The Kier molecular flexibility index (Phi) is 3.14. The lowest BCUT2D eigenvalue weighted by molar-refractivity contribution is -0.00952. The van der Waals surface area contributed by atoms with Gasteiger partial charge in [0.1, 0.15) is 0 Å². The van der Waals surface area contributed by atoms with Crippen molar-refractivity contribution in [1.82, 2.24) is 5.32 Å². The van der Waals surface area contributed by atoms with E-state index >= 15 is 0 Å². The van der Waals surface area contributed by atoms with Gasteiger partial charge in [-0.05, 0) is 5.56 Å². The summed E-state index contributed by atoms with van der Waals surface area (Å²) in [6.07, 6.45) is 0.124. The monoisotopic (exact) mass is 193 g/mol. The van der Waals surface area contributed by atoms with E-state index in [1.165, 1.54) is 5.56 Å². The molecule has 0 radical (unpaired) electrons. The summed E-state index contributed by atoms with van der Waals surface area (Å²) in [5.74, 6) is 0. The van der Waals surface area contributed by atoms with Crippen LogP contribution in [0.15, 0.2) is 30.3 Å². The Balaban J connectivity index is 1.96. The van der Waals surface area contributed by atoms with E-state index in [1.807, 2.05) is 18.2 Å². The first-order chi connectivity index (χ1) is 6.90. The molecule has 1 heterocycles. The van der Waals surface area contributed by atoms with Gasteiger partial charge in [0, 0.05) is 6.54 Å². The van der Waals surface area contributed by atoms with Crippen LogP contribution in [0.4, 0.5) is 0 Å². The Labute approximate surface area is 83.7 Å². The van der Waals surface area contributed by atoms with Crippen molar-refractivity contribution in [2.45, 2.75) is 12.1 Å². The van der Waals surface area contributed by atoms with Crippen molar-refractivity contribution in [3.8, 4) is 0 Å². The van der Waals surface area contributed by atoms with E-state index in [-0.39, 0.29) is 18.8 Å². The number of aliphatic hydroxyl groups excluding tert-OH is 1. The van der Waals surface area contributed by atoms with Gasteiger partial charge < -0.3 is 15.2 Å². The highest BCUT2D eigenvalue weighted by molar-refractivity contribution is 5.18. The molecule has 1 aliphatic heterocycles. The van der Waals surface area contributed by atoms with Gasteiger partial charge >= 0.3 is 0 Å². The average Bonchev–Trinajstić information content (AvgIpc) is 2.30. The molecule has 2 unspecified atom stereocenters. The van der Waals surface area contributed by atoms with E-state index in [2.05, 4.69) is 17.4 Å². The molecule has 1 fully saturated rings. The fraction of sp³-hybridized carbons (Fsp3) is 0.455. The summed E-state index contributed by atoms with van der Waals surface area (Å²) in [6, 6.07) is 10.2. The van der Waals surface area contributed by atoms with E-state index < -0.39 is 0 Å². The third kappa shape index (κ3) is 2.12. The van der Waals surface area contributed by atoms with Crippen molar-refractivity contribution in [2.75, 3.05) is 19.8 Å². The first-order valence-electron chi connectivity index (χ1n) is 4.91. The molecule has 2 atom stereocenters. The number of hydrogen-bond acceptors (Lipinski definition) is 3. The molecule has 76 valence electrons. The second kappa shape index (κ2) is 4.55. The van der Waals surface area contributed by atoms with Gasteiger partial charge in [-0.3, -0.25) is 0 Å². The molecule has 0 bridgehead atoms. The maximum absolute atomic E-state index is 8.91. The Morgan fingerprint density at radius 3 is 2.71 bits per heavy atom. The molecule has 1 aromatic rings. The van der Waals surface area contributed by atoms with Gasteiger partial charge in [-0.25, -0.2) is 0 Å². The highest BCUT2D eigenvalue weighted by Gasteiger charge is 2.21. The highest BCUT2D eigenvalue weighted by atomic mass is 16.5. The number of rotatable bonds is 2. The fourth-order valence-electron chi connectivity index (χ4n) is 1.62. The molecule has 14 heavy (non-hydrogen) atoms. The molecule has 2 N–H and O–H groups in total. The summed E-state index contributed by atoms with van der Waals surface area (Å²) in [5, 5.41) is 12.1. The third-order valence-corrected chi connectivity index (χ3v) is 2.48. The van der Waals surface area contributed by atoms with E-state index in [4.69, 9.17) is 9.84 Å². The fourth-order valence-corrected chi connectivity index (χ4v) is 1.62. The van der Waals surface area contributed by atoms with Crippen molar-refractivity contribution in [1.29, 1.82) is 0 Å². The van der Waals surface area contributed by atoms with Crippen molar-refractivity contribution >= 4 is 0 Å². The largest absolute Gasteiger partial charge is 0.395 e. The molecule has 2 rings (SSSR count). The number of morpholine rings is 1. The SMILES string of the molecule is OCC1COC(c2ccccc2)CN1. The van der Waals surface area contributed by atoms with Crippen LogP contribution < -0.4 is 5.32 Å². The Morgan fingerprint density at radius 2 is 2.14 bits per heavy atom. The summed E-state index contributed by atoms with van der Waals surface area (Å²) < 4.78 is 5.64. The summed E-state index contributed by atoms with van der Waals surface area (Å²) in [4.78, 5) is 0. The normalized spacial score (nSPS) is 27.5. The lowest BCUT2D eigenvalue weighted by atomic mass is 10.1. The van der Waals surface area contributed by atoms with E-state index in [0.29, 0.717) is 6.61 Å². The van der Waals surface area contributed by atoms with Crippen molar-refractivity contribution in [3.63, 3.8) is 0 Å². The highest BCUT2D eigenvalue weighted by Crippen LogP contribution is 2.19. The summed E-state index contributed by atoms with van der Waals surface area (Å²) in [7, 11) is 0. The summed E-state index contributed by atoms with van der Waals surface area (Å²) >= 11 is 0. The number of aliphatic hydroxyl groups is 1. The van der Waals surface area contributed by atoms with E-state index in [1.54, 1.807) is 0 Å². The smallest absolute Gasteiger partial charge is 0.0950 e. The van der Waals surface area contributed by atoms with Gasteiger partial charge in [-0.2, -0.15) is 0 Å². The predicted octanol–water partition coefficient (Wildman–Crippen LogP) is 0.708. The van der Waals surface area contributed by atoms with Crippen molar-refractivity contribution in [3.05, 3.63) is 35.9 Å². The maximum atomic E-state index is 8.91. The molecule has 0 amide bonds. The summed E-state index contributed by atoms with van der Waals surface area (Å²) in [6.45, 7) is 1.49. The second-order valence-corrected chi connectivity index (χ2v) is 3.52. The third-order valence-electron chi connectivity index (χ3n) is 2.48. The molecular weight excluding hydrogens is 178 g/mol. The Bertz CT molecular complexity index is 268. The lowest BCUT2D eigenvalue weighted by Crippen LogP contribution is -2.44. The van der Waals surface area contributed by atoms with Crippen LogP contribution in [0.3, 0.4) is 0 Å². The van der Waals surface area contributed by atoms with Gasteiger partial charge in [0.2, 0.25) is 0 Å². The molecule has 1 saturated heterocycles. The lowest BCUT2D eigenvalue weighted by Gasteiger charge is -2.29. The number of nitrogens with one attached hydrogen (secondary N) is 1. The zero-order valence-electron chi connectivity index (χ0n) is 8.02. The molecule has 3 nitrogen and oxygen atoms in total. The number of ether oxygens (including phenoxy) is 1. The minimum Gasteiger partial charge on any atom is -0.395 e. The number of benzene rings is 1. The standard InChI is InChI=1S/C11H15NO2/c13-7-10-8-14-11(6-12-10)9-4-2-1-3-5-9/h1-5,10-13H,6-8H2. The topological polar surface area (TPSA) is 41.5 Å². The minimum absolute atomic E-state index is 0.0926. The van der Waals surface area contributed by atoms with Gasteiger partial charge in [-0.1, -0.05) is 30.3 Å². The van der Waals surface area contributed by atoms with E-state index in [9.17, 15) is 0 Å². The van der Waals surface area contributed by atoms with Crippen molar-refractivity contribution in [2.24, 2.45) is 0 Å². The van der Waals surface area contributed by atoms with E-state index in [0.717, 1.165) is 6.54 Å². The minimum atomic E-state index is 0.0926. The molecule has 0 spiro atoms. The van der Waals surface area contributed by atoms with Crippen LogP contribution in [0.2, 0.25) is 0 Å². The summed E-state index contributed by atoms with van der Waals surface area (Å²) in [5.41, 5.74) is 1.19. The van der Waals surface area contributed by atoms with Gasteiger partial charge in [0.25, 0.3) is 0 Å². The molecule has 0 aromatic heterocycles. The molecule has 3 heteroatoms.